The van der Waals surface area contributed by atoms with Crippen molar-refractivity contribution in [1.82, 2.24) is 14.8 Å². The Morgan fingerprint density at radius 3 is 3.08 bits per heavy atom. The summed E-state index contributed by atoms with van der Waals surface area (Å²) in [5, 5.41) is 5.28. The Morgan fingerprint density at radius 2 is 2.42 bits per heavy atom. The van der Waals surface area contributed by atoms with E-state index in [4.69, 9.17) is 4.74 Å². The van der Waals surface area contributed by atoms with E-state index in [1.165, 1.54) is 0 Å². The van der Waals surface area contributed by atoms with Crippen molar-refractivity contribution < 1.29 is 4.74 Å². The molecule has 6 heteroatoms. The maximum absolute atomic E-state index is 10.9. The summed E-state index contributed by atoms with van der Waals surface area (Å²) in [6, 6.07) is 0. The molecule has 1 aromatic heterocycles. The van der Waals surface area contributed by atoms with Crippen LogP contribution in [-0.4, -0.2) is 21.4 Å². The van der Waals surface area contributed by atoms with E-state index >= 15 is 0 Å². The Balaban J connectivity index is 2.93. The average molecular weight is 170 g/mol. The predicted octanol–water partition coefficient (Wildman–Crippen LogP) is -1.27. The summed E-state index contributed by atoms with van der Waals surface area (Å²) in [5.74, 6) is 0. The van der Waals surface area contributed by atoms with Gasteiger partial charge in [0, 0.05) is 6.61 Å². The molecule has 12 heavy (non-hydrogen) atoms. The van der Waals surface area contributed by atoms with Crippen LogP contribution in [0.3, 0.4) is 0 Å². The summed E-state index contributed by atoms with van der Waals surface area (Å²) in [7, 11) is 0. The van der Waals surface area contributed by atoms with Crippen LogP contribution in [0.4, 0.5) is 0 Å². The van der Waals surface area contributed by atoms with E-state index in [9.17, 15) is 9.59 Å². The van der Waals surface area contributed by atoms with Gasteiger partial charge in [-0.05, 0) is 6.92 Å². The van der Waals surface area contributed by atoms with E-state index < -0.39 is 11.1 Å². The Hall–Kier alpha value is -1.43. The smallest absolute Gasteiger partial charge is 0.330 e. The molecular formula is C6H8N3O3. The lowest BCUT2D eigenvalue weighted by atomic mass is 10.7. The van der Waals surface area contributed by atoms with Gasteiger partial charge in [0.25, 0.3) is 0 Å². The lowest BCUT2D eigenvalue weighted by Gasteiger charge is -2.00. The molecule has 0 amide bonds. The van der Waals surface area contributed by atoms with Crippen LogP contribution in [0.25, 0.3) is 0 Å². The van der Waals surface area contributed by atoms with Gasteiger partial charge in [0.05, 0.1) is 0 Å². The van der Waals surface area contributed by atoms with Gasteiger partial charge < -0.3 is 4.74 Å². The number of nitrogens with one attached hydrogen (secondary N) is 1. The van der Waals surface area contributed by atoms with Gasteiger partial charge in [0.1, 0.15) is 6.73 Å². The molecule has 0 atom stereocenters. The Labute approximate surface area is 67.8 Å². The molecule has 0 saturated carbocycles. The van der Waals surface area contributed by atoms with Crippen LogP contribution in [0.5, 0.6) is 0 Å². The summed E-state index contributed by atoms with van der Waals surface area (Å²) < 4.78 is 5.87. The first-order valence-electron chi connectivity index (χ1n) is 3.40. The van der Waals surface area contributed by atoms with Crippen molar-refractivity contribution in [1.29, 1.82) is 0 Å². The molecule has 1 aromatic rings. The second-order valence-corrected chi connectivity index (χ2v) is 2.01. The largest absolute Gasteiger partial charge is 0.361 e. The molecule has 0 aliphatic carbocycles. The zero-order chi connectivity index (χ0) is 8.97. The zero-order valence-corrected chi connectivity index (χ0v) is 6.53. The third-order valence-electron chi connectivity index (χ3n) is 1.19. The molecule has 1 radical (unpaired) electrons. The van der Waals surface area contributed by atoms with Crippen LogP contribution < -0.4 is 11.1 Å². The highest BCUT2D eigenvalue weighted by molar-refractivity contribution is 4.71. The summed E-state index contributed by atoms with van der Waals surface area (Å²) in [5.41, 5.74) is -1.48. The van der Waals surface area contributed by atoms with Crippen molar-refractivity contribution >= 4 is 0 Å². The molecule has 0 aromatic carbocycles. The molecule has 0 bridgehead atoms. The fourth-order valence-corrected chi connectivity index (χ4v) is 0.622. The van der Waals surface area contributed by atoms with Gasteiger partial charge in [-0.2, -0.15) is 0 Å². The molecular weight excluding hydrogens is 162 g/mol. The maximum atomic E-state index is 10.9. The van der Waals surface area contributed by atoms with Crippen LogP contribution in [0.2, 0.25) is 0 Å². The van der Waals surface area contributed by atoms with Crippen LogP contribution in [-0.2, 0) is 11.5 Å². The highest BCUT2D eigenvalue weighted by Gasteiger charge is 1.98. The van der Waals surface area contributed by atoms with E-state index in [1.807, 2.05) is 5.10 Å². The van der Waals surface area contributed by atoms with E-state index in [-0.39, 0.29) is 6.73 Å². The maximum Gasteiger partial charge on any atom is 0.330 e. The quantitative estimate of drug-likeness (QED) is 0.573. The molecule has 65 valence electrons. The lowest BCUT2D eigenvalue weighted by molar-refractivity contribution is 0.0832. The van der Waals surface area contributed by atoms with Crippen molar-refractivity contribution in [3.05, 3.63) is 27.0 Å². The second kappa shape index (κ2) is 3.82. The SMILES string of the molecule is CCOCn1[c]n[nH]c(=O)c1=O. The van der Waals surface area contributed by atoms with Crippen molar-refractivity contribution in [2.24, 2.45) is 0 Å². The molecule has 0 fully saturated rings. The first kappa shape index (κ1) is 8.66. The Bertz CT molecular complexity index is 354. The fourth-order valence-electron chi connectivity index (χ4n) is 0.622. The van der Waals surface area contributed by atoms with Gasteiger partial charge in [0.15, 0.2) is 0 Å². The van der Waals surface area contributed by atoms with Gasteiger partial charge in [-0.25, -0.2) is 5.10 Å². The van der Waals surface area contributed by atoms with E-state index in [2.05, 4.69) is 11.4 Å². The zero-order valence-electron chi connectivity index (χ0n) is 6.53. The Kier molecular flexibility index (Phi) is 2.76. The molecule has 1 rings (SSSR count). The number of aromatic amines is 1. The summed E-state index contributed by atoms with van der Waals surface area (Å²) in [4.78, 5) is 21.6. The van der Waals surface area contributed by atoms with E-state index in [0.717, 1.165) is 4.57 Å². The molecule has 0 aliphatic heterocycles. The normalized spacial score (nSPS) is 10.1. The monoisotopic (exact) mass is 170 g/mol. The van der Waals surface area contributed by atoms with Crippen molar-refractivity contribution in [3.63, 3.8) is 0 Å². The number of ether oxygens (including phenoxy) is 1. The lowest BCUT2D eigenvalue weighted by Crippen LogP contribution is -2.37. The summed E-state index contributed by atoms with van der Waals surface area (Å²) in [6.07, 6.45) is 2.29. The number of H-pyrrole nitrogens is 1. The van der Waals surface area contributed by atoms with Crippen LogP contribution in [0, 0.1) is 6.33 Å². The molecule has 6 nitrogen and oxygen atoms in total. The van der Waals surface area contributed by atoms with Crippen molar-refractivity contribution in [2.45, 2.75) is 13.7 Å². The predicted molar refractivity (Wildman–Crippen MR) is 39.6 cm³/mol. The summed E-state index contributed by atoms with van der Waals surface area (Å²) >= 11 is 0. The molecule has 0 unspecified atom stereocenters. The first-order valence-corrected chi connectivity index (χ1v) is 3.40. The first-order chi connectivity index (χ1) is 5.75. The van der Waals surface area contributed by atoms with Gasteiger partial charge in [-0.3, -0.25) is 14.2 Å². The van der Waals surface area contributed by atoms with Gasteiger partial charge in [-0.1, -0.05) is 0 Å². The van der Waals surface area contributed by atoms with Gasteiger partial charge in [0.2, 0.25) is 6.33 Å². The number of hydrogen-bond donors (Lipinski definition) is 1. The number of nitrogens with zero attached hydrogens (tertiary/aromatic N) is 2. The topological polar surface area (TPSA) is 77.0 Å². The molecule has 0 saturated heterocycles. The number of aromatic nitrogens is 3. The average Bonchev–Trinajstić information content (AvgIpc) is 2.08. The third kappa shape index (κ3) is 1.79. The second-order valence-electron chi connectivity index (χ2n) is 2.01. The van der Waals surface area contributed by atoms with Crippen LogP contribution in [0.15, 0.2) is 9.59 Å². The summed E-state index contributed by atoms with van der Waals surface area (Å²) in [6.45, 7) is 2.25. The van der Waals surface area contributed by atoms with E-state index in [0.29, 0.717) is 6.61 Å². The van der Waals surface area contributed by atoms with E-state index in [1.54, 1.807) is 6.92 Å². The molecule has 0 spiro atoms. The minimum Gasteiger partial charge on any atom is -0.361 e. The standard InChI is InChI=1S/C6H8N3O3/c1-2-12-4-9-3-7-8-5(10)6(9)11/h2,4H2,1H3,(H,8,10). The minimum atomic E-state index is -0.770. The van der Waals surface area contributed by atoms with Crippen molar-refractivity contribution in [2.75, 3.05) is 6.61 Å². The number of hydrogen-bond acceptors (Lipinski definition) is 4. The van der Waals surface area contributed by atoms with Gasteiger partial charge >= 0.3 is 11.1 Å². The highest BCUT2D eigenvalue weighted by Crippen LogP contribution is 1.75. The molecule has 1 heterocycles. The van der Waals surface area contributed by atoms with Crippen LogP contribution >= 0.6 is 0 Å². The Morgan fingerprint density at radius 1 is 1.67 bits per heavy atom. The third-order valence-corrected chi connectivity index (χ3v) is 1.19. The molecule has 0 aliphatic rings. The fraction of sp³-hybridized carbons (Fsp3) is 0.500. The van der Waals surface area contributed by atoms with Crippen molar-refractivity contribution in [3.8, 4) is 0 Å². The minimum absolute atomic E-state index is 0.00620. The highest BCUT2D eigenvalue weighted by atomic mass is 16.5. The van der Waals surface area contributed by atoms with Crippen LogP contribution in [0.1, 0.15) is 6.92 Å². The number of rotatable bonds is 3. The van der Waals surface area contributed by atoms with Gasteiger partial charge in [-0.15, -0.1) is 5.10 Å². The molecule has 1 N–H and O–H groups in total.